The molecule has 1 fully saturated rings. The number of hydrogen-bond donors (Lipinski definition) is 0. The van der Waals surface area contributed by atoms with E-state index in [-0.39, 0.29) is 6.03 Å². The van der Waals surface area contributed by atoms with Gasteiger partial charge in [0.1, 0.15) is 0 Å². The molecule has 1 aliphatic rings. The molecule has 0 radical (unpaired) electrons. The number of piperidine rings is 1. The predicted octanol–water partition coefficient (Wildman–Crippen LogP) is 4.15. The van der Waals surface area contributed by atoms with E-state index in [1.54, 1.807) is 0 Å². The molecule has 0 bridgehead atoms. The number of para-hydroxylation sites is 1. The lowest BCUT2D eigenvalue weighted by Crippen LogP contribution is -2.47. The molecule has 0 N–H and O–H groups in total. The summed E-state index contributed by atoms with van der Waals surface area (Å²) in [6, 6.07) is 10.2. The molecule has 2 rings (SSSR count). The average molecular weight is 274 g/mol. The van der Waals surface area contributed by atoms with E-state index >= 15 is 0 Å². The number of benzene rings is 1. The van der Waals surface area contributed by atoms with E-state index in [1.165, 1.54) is 6.42 Å². The van der Waals surface area contributed by atoms with Gasteiger partial charge in [0.05, 0.1) is 0 Å². The zero-order chi connectivity index (χ0) is 14.4. The molecule has 1 saturated heterocycles. The molecular formula is C17H26N2O. The third kappa shape index (κ3) is 3.75. The Labute approximate surface area is 122 Å². The van der Waals surface area contributed by atoms with E-state index < -0.39 is 0 Å². The maximum absolute atomic E-state index is 12.8. The second-order valence-electron chi connectivity index (χ2n) is 5.82. The van der Waals surface area contributed by atoms with Crippen LogP contribution in [-0.2, 0) is 0 Å². The average Bonchev–Trinajstić information content (AvgIpc) is 2.48. The van der Waals surface area contributed by atoms with Gasteiger partial charge in [-0.25, -0.2) is 4.79 Å². The zero-order valence-electron chi connectivity index (χ0n) is 12.7. The van der Waals surface area contributed by atoms with Crippen molar-refractivity contribution >= 4 is 11.7 Å². The summed E-state index contributed by atoms with van der Waals surface area (Å²) in [6.45, 7) is 7.01. The van der Waals surface area contributed by atoms with Gasteiger partial charge < -0.3 is 4.90 Å². The number of amides is 2. The van der Waals surface area contributed by atoms with Crippen LogP contribution in [0.3, 0.4) is 0 Å². The van der Waals surface area contributed by atoms with Crippen molar-refractivity contribution < 1.29 is 4.79 Å². The van der Waals surface area contributed by atoms with Crippen LogP contribution in [0, 0.1) is 5.92 Å². The Morgan fingerprint density at radius 2 is 2.10 bits per heavy atom. The van der Waals surface area contributed by atoms with Crippen LogP contribution in [0.5, 0.6) is 0 Å². The zero-order valence-corrected chi connectivity index (χ0v) is 12.7. The summed E-state index contributed by atoms with van der Waals surface area (Å²) in [7, 11) is 0. The summed E-state index contributed by atoms with van der Waals surface area (Å²) in [4.78, 5) is 16.8. The van der Waals surface area contributed by atoms with Crippen LogP contribution in [0.4, 0.5) is 10.5 Å². The molecule has 20 heavy (non-hydrogen) atoms. The number of rotatable bonds is 4. The second kappa shape index (κ2) is 7.32. The highest BCUT2D eigenvalue weighted by Crippen LogP contribution is 2.21. The van der Waals surface area contributed by atoms with Gasteiger partial charge in [-0.2, -0.15) is 0 Å². The first-order valence-electron chi connectivity index (χ1n) is 7.84. The highest BCUT2D eigenvalue weighted by atomic mass is 16.2. The van der Waals surface area contributed by atoms with E-state index in [9.17, 15) is 4.79 Å². The molecular weight excluding hydrogens is 248 g/mol. The topological polar surface area (TPSA) is 23.6 Å². The Bertz CT molecular complexity index is 418. The van der Waals surface area contributed by atoms with Crippen molar-refractivity contribution in [1.82, 2.24) is 4.90 Å². The van der Waals surface area contributed by atoms with Crippen LogP contribution in [-0.4, -0.2) is 30.6 Å². The molecule has 110 valence electrons. The van der Waals surface area contributed by atoms with Crippen LogP contribution >= 0.6 is 0 Å². The standard InChI is InChI=1S/C17H26N2O/c1-3-4-13-19(16-10-6-5-7-11-16)17(20)18-12-8-9-15(2)14-18/h5-7,10-11,15H,3-4,8-9,12-14H2,1-2H3. The van der Waals surface area contributed by atoms with Crippen LogP contribution in [0.25, 0.3) is 0 Å². The minimum absolute atomic E-state index is 0.177. The van der Waals surface area contributed by atoms with E-state index in [2.05, 4.69) is 13.8 Å². The number of hydrogen-bond acceptors (Lipinski definition) is 1. The normalized spacial score (nSPS) is 18.9. The van der Waals surface area contributed by atoms with Crippen LogP contribution < -0.4 is 4.90 Å². The molecule has 3 heteroatoms. The first-order chi connectivity index (χ1) is 9.72. The number of anilines is 1. The molecule has 2 amide bonds. The molecule has 0 aliphatic carbocycles. The minimum atomic E-state index is 0.177. The third-order valence-electron chi connectivity index (χ3n) is 3.96. The SMILES string of the molecule is CCCCN(C(=O)N1CCCC(C)C1)c1ccccc1. The molecule has 3 nitrogen and oxygen atoms in total. The lowest BCUT2D eigenvalue weighted by atomic mass is 10.0. The summed E-state index contributed by atoms with van der Waals surface area (Å²) in [6.07, 6.45) is 4.52. The number of carbonyl (C=O) groups excluding carboxylic acids is 1. The molecule has 1 heterocycles. The first kappa shape index (κ1) is 14.9. The monoisotopic (exact) mass is 274 g/mol. The Balaban J connectivity index is 2.11. The Morgan fingerprint density at radius 1 is 1.35 bits per heavy atom. The second-order valence-corrected chi connectivity index (χ2v) is 5.82. The fraction of sp³-hybridized carbons (Fsp3) is 0.588. The van der Waals surface area contributed by atoms with E-state index in [0.717, 1.165) is 44.6 Å². The maximum atomic E-state index is 12.8. The smallest absolute Gasteiger partial charge is 0.324 e. The quantitative estimate of drug-likeness (QED) is 0.809. The van der Waals surface area contributed by atoms with Crippen molar-refractivity contribution in [3.8, 4) is 0 Å². The number of likely N-dealkylation sites (tertiary alicyclic amines) is 1. The Kier molecular flexibility index (Phi) is 5.45. The van der Waals surface area contributed by atoms with Crippen molar-refractivity contribution in [2.45, 2.75) is 39.5 Å². The number of unbranched alkanes of at least 4 members (excludes halogenated alkanes) is 1. The van der Waals surface area contributed by atoms with Gasteiger partial charge in [0.15, 0.2) is 0 Å². The largest absolute Gasteiger partial charge is 0.324 e. The molecule has 1 aromatic rings. The van der Waals surface area contributed by atoms with Gasteiger partial charge in [-0.05, 0) is 37.3 Å². The number of urea groups is 1. The van der Waals surface area contributed by atoms with Gasteiger partial charge in [0.2, 0.25) is 0 Å². The van der Waals surface area contributed by atoms with Gasteiger partial charge in [-0.15, -0.1) is 0 Å². The summed E-state index contributed by atoms with van der Waals surface area (Å²) in [5, 5.41) is 0. The summed E-state index contributed by atoms with van der Waals surface area (Å²) in [5.74, 6) is 0.622. The molecule has 0 saturated carbocycles. The van der Waals surface area contributed by atoms with Crippen LogP contribution in [0.1, 0.15) is 39.5 Å². The predicted molar refractivity (Wildman–Crippen MR) is 84.1 cm³/mol. The number of carbonyl (C=O) groups is 1. The van der Waals surface area contributed by atoms with Gasteiger partial charge >= 0.3 is 6.03 Å². The Morgan fingerprint density at radius 3 is 2.75 bits per heavy atom. The van der Waals surface area contributed by atoms with Crippen LogP contribution in [0.2, 0.25) is 0 Å². The van der Waals surface area contributed by atoms with Crippen LogP contribution in [0.15, 0.2) is 30.3 Å². The molecule has 1 atom stereocenters. The summed E-state index contributed by atoms with van der Waals surface area (Å²) in [5.41, 5.74) is 1.02. The van der Waals surface area contributed by atoms with E-state index in [0.29, 0.717) is 5.92 Å². The first-order valence-corrected chi connectivity index (χ1v) is 7.84. The molecule has 0 spiro atoms. The van der Waals surface area contributed by atoms with Gasteiger partial charge in [0.25, 0.3) is 0 Å². The van der Waals surface area contributed by atoms with Crippen molar-refractivity contribution in [2.75, 3.05) is 24.5 Å². The van der Waals surface area contributed by atoms with E-state index in [1.807, 2.05) is 40.1 Å². The van der Waals surface area contributed by atoms with Gasteiger partial charge in [0, 0.05) is 25.3 Å². The fourth-order valence-corrected chi connectivity index (χ4v) is 2.79. The lowest BCUT2D eigenvalue weighted by Gasteiger charge is -2.35. The maximum Gasteiger partial charge on any atom is 0.324 e. The summed E-state index contributed by atoms with van der Waals surface area (Å²) < 4.78 is 0. The highest BCUT2D eigenvalue weighted by Gasteiger charge is 2.25. The lowest BCUT2D eigenvalue weighted by molar-refractivity contribution is 0.176. The molecule has 0 aromatic heterocycles. The van der Waals surface area contributed by atoms with Crippen molar-refractivity contribution in [2.24, 2.45) is 5.92 Å². The number of nitrogens with zero attached hydrogens (tertiary/aromatic N) is 2. The third-order valence-corrected chi connectivity index (χ3v) is 3.96. The minimum Gasteiger partial charge on any atom is -0.324 e. The molecule has 1 unspecified atom stereocenters. The van der Waals surface area contributed by atoms with Crippen molar-refractivity contribution in [3.63, 3.8) is 0 Å². The van der Waals surface area contributed by atoms with Gasteiger partial charge in [-0.1, -0.05) is 38.5 Å². The van der Waals surface area contributed by atoms with Crippen molar-refractivity contribution in [3.05, 3.63) is 30.3 Å². The van der Waals surface area contributed by atoms with E-state index in [4.69, 9.17) is 0 Å². The summed E-state index contributed by atoms with van der Waals surface area (Å²) >= 11 is 0. The highest BCUT2D eigenvalue weighted by molar-refractivity contribution is 5.92. The Hall–Kier alpha value is -1.51. The fourth-order valence-electron chi connectivity index (χ4n) is 2.79. The molecule has 1 aromatic carbocycles. The van der Waals surface area contributed by atoms with Gasteiger partial charge in [-0.3, -0.25) is 4.90 Å². The van der Waals surface area contributed by atoms with Crippen molar-refractivity contribution in [1.29, 1.82) is 0 Å². The molecule has 1 aliphatic heterocycles.